The molecular weight excluding hydrogens is 240 g/mol. The lowest BCUT2D eigenvalue weighted by Gasteiger charge is -2.32. The normalized spacial score (nSPS) is 11.1. The molecule has 0 bridgehead atoms. The lowest BCUT2D eigenvalue weighted by Crippen LogP contribution is -2.48. The first kappa shape index (κ1) is 13.7. The lowest BCUT2D eigenvalue weighted by atomic mass is 10.0. The third-order valence-corrected chi connectivity index (χ3v) is 2.79. The molecule has 1 heterocycles. The summed E-state index contributed by atoms with van der Waals surface area (Å²) in [4.78, 5) is 26.3. The number of carboxylic acid groups (broad SMARTS) is 1. The van der Waals surface area contributed by atoms with E-state index in [4.69, 9.17) is 10.8 Å². The van der Waals surface area contributed by atoms with E-state index in [9.17, 15) is 14.9 Å². The Morgan fingerprint density at radius 1 is 1.56 bits per heavy atom. The van der Waals surface area contributed by atoms with Crippen molar-refractivity contribution in [1.82, 2.24) is 4.98 Å². The fourth-order valence-electron chi connectivity index (χ4n) is 1.23. The predicted octanol–water partition coefficient (Wildman–Crippen LogP) is 0.871. The van der Waals surface area contributed by atoms with Crippen LogP contribution in [0.1, 0.15) is 13.8 Å². The fourth-order valence-corrected chi connectivity index (χ4v) is 1.23. The molecule has 0 unspecified atom stereocenters. The van der Waals surface area contributed by atoms with E-state index in [0.29, 0.717) is 0 Å². The highest BCUT2D eigenvalue weighted by atomic mass is 16.6. The molecule has 0 spiro atoms. The minimum atomic E-state index is -1.20. The van der Waals surface area contributed by atoms with Crippen molar-refractivity contribution < 1.29 is 14.8 Å². The molecule has 0 aliphatic carbocycles. The Bertz CT molecular complexity index is 501. The molecule has 0 atom stereocenters. The molecule has 0 radical (unpaired) electrons. The highest BCUT2D eigenvalue weighted by Crippen LogP contribution is 2.26. The number of pyridine rings is 1. The molecule has 1 rings (SSSR count). The summed E-state index contributed by atoms with van der Waals surface area (Å²) in [6.07, 6.45) is 0. The van der Waals surface area contributed by atoms with Crippen LogP contribution in [0.25, 0.3) is 0 Å². The van der Waals surface area contributed by atoms with E-state index in [0.717, 1.165) is 0 Å². The highest BCUT2D eigenvalue weighted by molar-refractivity contribution is 5.82. The third-order valence-electron chi connectivity index (χ3n) is 2.79. The van der Waals surface area contributed by atoms with Crippen LogP contribution in [0.15, 0.2) is 12.1 Å². The van der Waals surface area contributed by atoms with E-state index in [1.54, 1.807) is 0 Å². The molecule has 1 aromatic rings. The van der Waals surface area contributed by atoms with Crippen LogP contribution in [0, 0.1) is 10.1 Å². The number of anilines is 2. The zero-order valence-corrected chi connectivity index (χ0v) is 10.2. The number of nitrogen functional groups attached to an aromatic ring is 1. The van der Waals surface area contributed by atoms with E-state index < -0.39 is 16.4 Å². The standard InChI is InChI=1S/C10H14N4O4/c1-10(2,9(15)16)13(3)7-5-4-6(14(17)18)8(11)12-7/h4-5H,1-3H3,(H2,11,12)(H,15,16). The first-order valence-electron chi connectivity index (χ1n) is 5.06. The topological polar surface area (TPSA) is 123 Å². The fraction of sp³-hybridized carbons (Fsp3) is 0.400. The molecule has 18 heavy (non-hydrogen) atoms. The van der Waals surface area contributed by atoms with Gasteiger partial charge >= 0.3 is 11.7 Å². The summed E-state index contributed by atoms with van der Waals surface area (Å²) in [6, 6.07) is 2.56. The maximum Gasteiger partial charge on any atom is 0.328 e. The van der Waals surface area contributed by atoms with Gasteiger partial charge < -0.3 is 15.7 Å². The Morgan fingerprint density at radius 3 is 2.50 bits per heavy atom. The number of aliphatic carboxylic acids is 1. The summed E-state index contributed by atoms with van der Waals surface area (Å²) in [6.45, 7) is 2.99. The molecule has 98 valence electrons. The van der Waals surface area contributed by atoms with Gasteiger partial charge in [-0.1, -0.05) is 0 Å². The molecule has 0 saturated carbocycles. The molecule has 0 aliphatic rings. The minimum absolute atomic E-state index is 0.245. The highest BCUT2D eigenvalue weighted by Gasteiger charge is 2.33. The quantitative estimate of drug-likeness (QED) is 0.603. The van der Waals surface area contributed by atoms with Crippen LogP contribution in [0.5, 0.6) is 0 Å². The average molecular weight is 254 g/mol. The van der Waals surface area contributed by atoms with Crippen LogP contribution in [-0.4, -0.2) is 33.6 Å². The van der Waals surface area contributed by atoms with Crippen LogP contribution >= 0.6 is 0 Å². The summed E-state index contributed by atoms with van der Waals surface area (Å²) < 4.78 is 0. The zero-order chi connectivity index (χ0) is 14.1. The van der Waals surface area contributed by atoms with Gasteiger partial charge in [-0.3, -0.25) is 10.1 Å². The van der Waals surface area contributed by atoms with Crippen LogP contribution in [0.3, 0.4) is 0 Å². The maximum atomic E-state index is 11.1. The molecule has 3 N–H and O–H groups in total. The van der Waals surface area contributed by atoms with Crippen molar-refractivity contribution >= 4 is 23.3 Å². The Kier molecular flexibility index (Phi) is 3.40. The van der Waals surface area contributed by atoms with Gasteiger partial charge in [0.05, 0.1) is 4.92 Å². The van der Waals surface area contributed by atoms with Crippen molar-refractivity contribution in [3.63, 3.8) is 0 Å². The summed E-state index contributed by atoms with van der Waals surface area (Å²) in [5, 5.41) is 19.7. The van der Waals surface area contributed by atoms with Gasteiger partial charge in [-0.05, 0) is 19.9 Å². The molecule has 0 aromatic carbocycles. The number of carbonyl (C=O) groups is 1. The maximum absolute atomic E-state index is 11.1. The Morgan fingerprint density at radius 2 is 2.11 bits per heavy atom. The second-order valence-electron chi connectivity index (χ2n) is 4.25. The number of nitro groups is 1. The Labute approximate surface area is 103 Å². The van der Waals surface area contributed by atoms with E-state index >= 15 is 0 Å². The average Bonchev–Trinajstić information content (AvgIpc) is 2.26. The van der Waals surface area contributed by atoms with Gasteiger partial charge in [-0.15, -0.1) is 0 Å². The number of aromatic nitrogens is 1. The van der Waals surface area contributed by atoms with Crippen molar-refractivity contribution in [3.8, 4) is 0 Å². The molecule has 8 nitrogen and oxygen atoms in total. The van der Waals surface area contributed by atoms with Crippen LogP contribution < -0.4 is 10.6 Å². The largest absolute Gasteiger partial charge is 0.480 e. The molecule has 0 fully saturated rings. The van der Waals surface area contributed by atoms with Crippen molar-refractivity contribution in [2.45, 2.75) is 19.4 Å². The van der Waals surface area contributed by atoms with E-state index in [-0.39, 0.29) is 17.3 Å². The monoisotopic (exact) mass is 254 g/mol. The molecule has 0 amide bonds. The number of hydrogen-bond donors (Lipinski definition) is 2. The summed E-state index contributed by atoms with van der Waals surface area (Å²) in [5.41, 5.74) is 3.95. The van der Waals surface area contributed by atoms with E-state index in [1.807, 2.05) is 0 Å². The third kappa shape index (κ3) is 2.31. The van der Waals surface area contributed by atoms with Crippen molar-refractivity contribution in [3.05, 3.63) is 22.2 Å². The van der Waals surface area contributed by atoms with E-state index in [2.05, 4.69) is 4.98 Å². The number of carboxylic acids is 1. The number of nitrogens with two attached hydrogens (primary N) is 1. The predicted molar refractivity (Wildman–Crippen MR) is 65.4 cm³/mol. The van der Waals surface area contributed by atoms with Gasteiger partial charge in [0.15, 0.2) is 0 Å². The molecular formula is C10H14N4O4. The molecule has 1 aromatic heterocycles. The lowest BCUT2D eigenvalue weighted by molar-refractivity contribution is -0.384. The number of likely N-dealkylation sites (N-methyl/N-ethyl adjacent to an activating group) is 1. The van der Waals surface area contributed by atoms with Crippen LogP contribution in [0.2, 0.25) is 0 Å². The van der Waals surface area contributed by atoms with Gasteiger partial charge in [-0.25, -0.2) is 9.78 Å². The summed E-state index contributed by atoms with van der Waals surface area (Å²) >= 11 is 0. The van der Waals surface area contributed by atoms with Gasteiger partial charge in [0.25, 0.3) is 0 Å². The van der Waals surface area contributed by atoms with Crippen molar-refractivity contribution in [1.29, 1.82) is 0 Å². The van der Waals surface area contributed by atoms with Gasteiger partial charge in [-0.2, -0.15) is 0 Å². The SMILES string of the molecule is CN(c1ccc([N+](=O)[O-])c(N)n1)C(C)(C)C(=O)O. The first-order chi connectivity index (χ1) is 8.17. The number of nitrogens with zero attached hydrogens (tertiary/aromatic N) is 3. The number of hydrogen-bond acceptors (Lipinski definition) is 6. The zero-order valence-electron chi connectivity index (χ0n) is 10.2. The Hall–Kier alpha value is -2.38. The molecule has 0 aliphatic heterocycles. The minimum Gasteiger partial charge on any atom is -0.480 e. The second kappa shape index (κ2) is 4.47. The van der Waals surface area contributed by atoms with E-state index in [1.165, 1.54) is 37.9 Å². The van der Waals surface area contributed by atoms with Gasteiger partial charge in [0, 0.05) is 13.1 Å². The van der Waals surface area contributed by atoms with Crippen molar-refractivity contribution in [2.24, 2.45) is 0 Å². The summed E-state index contributed by atoms with van der Waals surface area (Å²) in [7, 11) is 1.53. The van der Waals surface area contributed by atoms with Crippen LogP contribution in [0.4, 0.5) is 17.3 Å². The van der Waals surface area contributed by atoms with Gasteiger partial charge in [0.1, 0.15) is 11.4 Å². The Balaban J connectivity index is 3.16. The summed E-state index contributed by atoms with van der Waals surface area (Å²) in [5.74, 6) is -1.03. The number of rotatable bonds is 4. The van der Waals surface area contributed by atoms with Crippen molar-refractivity contribution in [2.75, 3.05) is 17.7 Å². The second-order valence-corrected chi connectivity index (χ2v) is 4.25. The van der Waals surface area contributed by atoms with Gasteiger partial charge in [0.2, 0.25) is 5.82 Å². The smallest absolute Gasteiger partial charge is 0.328 e. The molecule has 8 heteroatoms. The first-order valence-corrected chi connectivity index (χ1v) is 5.06. The molecule has 0 saturated heterocycles. The van der Waals surface area contributed by atoms with Crippen LogP contribution in [-0.2, 0) is 4.79 Å².